The zero-order valence-corrected chi connectivity index (χ0v) is 17.5. The molecule has 1 unspecified atom stereocenters. The maximum atomic E-state index is 13.4. The van der Waals surface area contributed by atoms with Crippen LogP contribution in [0.5, 0.6) is 0 Å². The molecule has 0 aliphatic heterocycles. The van der Waals surface area contributed by atoms with Crippen molar-refractivity contribution in [1.82, 2.24) is 9.78 Å². The smallest absolute Gasteiger partial charge is 0.369 e. The van der Waals surface area contributed by atoms with E-state index in [1.165, 1.54) is 25.2 Å². The molecule has 0 fully saturated rings. The highest BCUT2D eigenvalue weighted by molar-refractivity contribution is 7.89. The zero-order valence-electron chi connectivity index (χ0n) is 15.9. The van der Waals surface area contributed by atoms with Crippen LogP contribution < -0.4 is 10.9 Å². The molecule has 0 radical (unpaired) electrons. The van der Waals surface area contributed by atoms with Gasteiger partial charge in [-0.25, -0.2) is 13.6 Å². The highest BCUT2D eigenvalue weighted by Gasteiger charge is 2.38. The molecule has 3 aromatic rings. The maximum Gasteiger partial charge on any atom is 0.435 e. The molecule has 0 saturated heterocycles. The highest BCUT2D eigenvalue weighted by Crippen LogP contribution is 2.40. The van der Waals surface area contributed by atoms with Crippen molar-refractivity contribution in [2.75, 3.05) is 0 Å². The second kappa shape index (κ2) is 7.98. The minimum Gasteiger partial charge on any atom is -0.369 e. The Hall–Kier alpha value is -2.89. The summed E-state index contributed by atoms with van der Waals surface area (Å²) in [6.07, 6.45) is -3.80. The van der Waals surface area contributed by atoms with E-state index >= 15 is 0 Å². The summed E-state index contributed by atoms with van der Waals surface area (Å²) in [6.45, 7) is 0. The molecule has 1 heterocycles. The number of hydrogen-bond acceptors (Lipinski definition) is 4. The zero-order chi connectivity index (χ0) is 23.1. The number of benzene rings is 2. The molecular weight excluding hydrogens is 457 g/mol. The van der Waals surface area contributed by atoms with Gasteiger partial charge in [0, 0.05) is 29.4 Å². The highest BCUT2D eigenvalue weighted by atomic mass is 35.5. The number of nitrogens with zero attached hydrogens (tertiary/aromatic N) is 2. The Morgan fingerprint density at radius 3 is 2.35 bits per heavy atom. The maximum absolute atomic E-state index is 13.4. The molecule has 0 aliphatic rings. The minimum atomic E-state index is -4.84. The van der Waals surface area contributed by atoms with Crippen LogP contribution in [0, 0.1) is 0 Å². The summed E-state index contributed by atoms with van der Waals surface area (Å²) < 4.78 is 65.7. The normalized spacial score (nSPS) is 13.2. The summed E-state index contributed by atoms with van der Waals surface area (Å²) in [7, 11) is -3.23. The van der Waals surface area contributed by atoms with Crippen LogP contribution in [0.25, 0.3) is 11.1 Å². The Labute approximate surface area is 180 Å². The molecule has 0 bridgehead atoms. The van der Waals surface area contributed by atoms with Crippen molar-refractivity contribution in [3.63, 3.8) is 0 Å². The van der Waals surface area contributed by atoms with E-state index in [2.05, 4.69) is 5.10 Å². The van der Waals surface area contributed by atoms with Crippen molar-refractivity contribution < 1.29 is 26.4 Å². The largest absolute Gasteiger partial charge is 0.435 e. The molecule has 1 atom stereocenters. The Balaban J connectivity index is 2.28. The predicted octanol–water partition coefficient (Wildman–Crippen LogP) is 3.02. The van der Waals surface area contributed by atoms with Crippen LogP contribution in [-0.4, -0.2) is 24.1 Å². The number of carbonyl (C=O) groups excluding carboxylic acids is 1. The lowest BCUT2D eigenvalue weighted by atomic mass is 9.89. The van der Waals surface area contributed by atoms with Gasteiger partial charge in [0.1, 0.15) is 0 Å². The third kappa shape index (κ3) is 4.58. The third-order valence-corrected chi connectivity index (χ3v) is 5.83. The molecule has 3 rings (SSSR count). The van der Waals surface area contributed by atoms with Gasteiger partial charge >= 0.3 is 6.18 Å². The minimum absolute atomic E-state index is 0.103. The lowest BCUT2D eigenvalue weighted by Gasteiger charge is -2.18. The van der Waals surface area contributed by atoms with E-state index < -0.39 is 44.2 Å². The van der Waals surface area contributed by atoms with E-state index in [0.29, 0.717) is 5.56 Å². The van der Waals surface area contributed by atoms with Gasteiger partial charge < -0.3 is 5.73 Å². The first-order valence-electron chi connectivity index (χ1n) is 8.62. The number of alkyl halides is 3. The number of nitrogens with two attached hydrogens (primary N) is 2. The summed E-state index contributed by atoms with van der Waals surface area (Å²) in [5.74, 6) is -1.99. The summed E-state index contributed by atoms with van der Waals surface area (Å²) >= 11 is 6.16. The lowest BCUT2D eigenvalue weighted by molar-refractivity contribution is -0.141. The first-order chi connectivity index (χ1) is 14.3. The first kappa shape index (κ1) is 22.8. The molecule has 1 amide bonds. The molecule has 12 heteroatoms. The van der Waals surface area contributed by atoms with E-state index in [1.54, 1.807) is 12.1 Å². The van der Waals surface area contributed by atoms with Crippen LogP contribution in [0.2, 0.25) is 5.02 Å². The van der Waals surface area contributed by atoms with Gasteiger partial charge in [-0.1, -0.05) is 41.9 Å². The standard InChI is InChI=1S/C19H16ClF3N4O3S/c1-27-9-13(17(26-27)19(21,22)23)11-7-6-10(8-15(11)31(25,29)30)16(18(24)28)12-4-2-3-5-14(12)20/h2-9,16H,1H3,(H2,24,28)(H2,25,29,30). The SMILES string of the molecule is Cn1cc(-c2ccc(C(C(N)=O)c3ccccc3Cl)cc2S(N)(=O)=O)c(C(F)(F)F)n1. The van der Waals surface area contributed by atoms with Crippen molar-refractivity contribution in [1.29, 1.82) is 0 Å². The van der Waals surface area contributed by atoms with Gasteiger partial charge in [0.25, 0.3) is 0 Å². The fourth-order valence-corrected chi connectivity index (χ4v) is 4.31. The van der Waals surface area contributed by atoms with Crippen molar-refractivity contribution in [3.8, 4) is 11.1 Å². The lowest BCUT2D eigenvalue weighted by Crippen LogP contribution is -2.23. The second-order valence-electron chi connectivity index (χ2n) is 6.72. The topological polar surface area (TPSA) is 121 Å². The van der Waals surface area contributed by atoms with Gasteiger partial charge in [0.05, 0.1) is 10.8 Å². The van der Waals surface area contributed by atoms with Gasteiger partial charge in [-0.2, -0.15) is 18.3 Å². The van der Waals surface area contributed by atoms with Gasteiger partial charge in [-0.15, -0.1) is 0 Å². The molecule has 164 valence electrons. The van der Waals surface area contributed by atoms with Crippen LogP contribution in [0.15, 0.2) is 53.6 Å². The summed E-state index contributed by atoms with van der Waals surface area (Å²) in [5.41, 5.74) is 3.88. The first-order valence-corrected chi connectivity index (χ1v) is 10.5. The number of amides is 1. The number of hydrogen-bond donors (Lipinski definition) is 2. The summed E-state index contributed by atoms with van der Waals surface area (Å²) in [4.78, 5) is 11.6. The fourth-order valence-electron chi connectivity index (χ4n) is 3.28. The Morgan fingerprint density at radius 2 is 1.81 bits per heavy atom. The van der Waals surface area contributed by atoms with Crippen LogP contribution in [-0.2, 0) is 28.0 Å². The Kier molecular flexibility index (Phi) is 5.87. The van der Waals surface area contributed by atoms with Crippen LogP contribution >= 0.6 is 11.6 Å². The number of carbonyl (C=O) groups is 1. The number of aromatic nitrogens is 2. The predicted molar refractivity (Wildman–Crippen MR) is 108 cm³/mol. The van der Waals surface area contributed by atoms with Crippen molar-refractivity contribution in [3.05, 3.63) is 70.5 Å². The summed E-state index contributed by atoms with van der Waals surface area (Å²) in [5, 5.41) is 8.89. The van der Waals surface area contributed by atoms with Crippen LogP contribution in [0.1, 0.15) is 22.7 Å². The molecular formula is C19H16ClF3N4O3S. The van der Waals surface area contributed by atoms with E-state index in [0.717, 1.165) is 23.0 Å². The van der Waals surface area contributed by atoms with Gasteiger partial charge in [0.15, 0.2) is 5.69 Å². The summed E-state index contributed by atoms with van der Waals surface area (Å²) in [6, 6.07) is 9.75. The quantitative estimate of drug-likeness (QED) is 0.592. The van der Waals surface area contributed by atoms with Crippen molar-refractivity contribution >= 4 is 27.5 Å². The van der Waals surface area contributed by atoms with E-state index in [4.69, 9.17) is 22.5 Å². The number of halogens is 4. The second-order valence-corrected chi connectivity index (χ2v) is 8.66. The molecule has 7 nitrogen and oxygen atoms in total. The molecule has 0 spiro atoms. The molecule has 0 saturated carbocycles. The Bertz CT molecular complexity index is 1270. The van der Waals surface area contributed by atoms with Crippen LogP contribution in [0.4, 0.5) is 13.2 Å². The Morgan fingerprint density at radius 1 is 1.16 bits per heavy atom. The van der Waals surface area contributed by atoms with Gasteiger partial charge in [-0.3, -0.25) is 9.48 Å². The number of primary sulfonamides is 1. The molecule has 31 heavy (non-hydrogen) atoms. The molecule has 0 aliphatic carbocycles. The van der Waals surface area contributed by atoms with E-state index in [-0.39, 0.29) is 16.1 Å². The van der Waals surface area contributed by atoms with Gasteiger partial charge in [0.2, 0.25) is 15.9 Å². The fraction of sp³-hybridized carbons (Fsp3) is 0.158. The number of primary amides is 1. The third-order valence-electron chi connectivity index (χ3n) is 4.53. The van der Waals surface area contributed by atoms with Crippen LogP contribution in [0.3, 0.4) is 0 Å². The number of aryl methyl sites for hydroxylation is 1. The van der Waals surface area contributed by atoms with E-state index in [9.17, 15) is 26.4 Å². The van der Waals surface area contributed by atoms with Crippen molar-refractivity contribution in [2.45, 2.75) is 17.0 Å². The average Bonchev–Trinajstić information content (AvgIpc) is 3.04. The number of sulfonamides is 1. The van der Waals surface area contributed by atoms with E-state index in [1.807, 2.05) is 0 Å². The van der Waals surface area contributed by atoms with Crippen molar-refractivity contribution in [2.24, 2.45) is 17.9 Å². The van der Waals surface area contributed by atoms with Gasteiger partial charge in [-0.05, 0) is 23.3 Å². The monoisotopic (exact) mass is 472 g/mol. The number of rotatable bonds is 5. The molecule has 4 N–H and O–H groups in total. The molecule has 2 aromatic carbocycles. The average molecular weight is 473 g/mol. The molecule has 1 aromatic heterocycles.